The number of ether oxygens (including phenoxy) is 1. The monoisotopic (exact) mass is 339 g/mol. The molecule has 0 amide bonds. The number of hydrogen-bond acceptors (Lipinski definition) is 6. The molecule has 2 aromatic carbocycles. The number of rotatable bonds is 4. The van der Waals surface area contributed by atoms with E-state index in [4.69, 9.17) is 4.74 Å². The maximum absolute atomic E-state index is 11.7. The number of H-pyrrole nitrogens is 1. The van der Waals surface area contributed by atoms with E-state index in [1.807, 2.05) is 36.4 Å². The van der Waals surface area contributed by atoms with E-state index in [9.17, 15) is 20.0 Å². The molecule has 0 aliphatic rings. The van der Waals surface area contributed by atoms with Gasteiger partial charge < -0.3 is 14.8 Å². The number of nitrogens with one attached hydrogen (secondary N) is 1. The summed E-state index contributed by atoms with van der Waals surface area (Å²) in [5, 5.41) is 22.2. The molecule has 3 rings (SSSR count). The first-order valence-corrected chi connectivity index (χ1v) is 7.22. The Kier molecular flexibility index (Phi) is 4.17. The first-order valence-electron chi connectivity index (χ1n) is 7.22. The predicted molar refractivity (Wildman–Crippen MR) is 92.6 cm³/mol. The molecule has 0 aliphatic heterocycles. The van der Waals surface area contributed by atoms with Gasteiger partial charge in [0.1, 0.15) is 11.6 Å². The molecule has 0 atom stereocenters. The van der Waals surface area contributed by atoms with Crippen molar-refractivity contribution in [2.24, 2.45) is 0 Å². The van der Waals surface area contributed by atoms with Crippen LogP contribution in [0.2, 0.25) is 0 Å². The van der Waals surface area contributed by atoms with Gasteiger partial charge in [-0.1, -0.05) is 30.3 Å². The van der Waals surface area contributed by atoms with Crippen LogP contribution in [0.3, 0.4) is 0 Å². The zero-order valence-electron chi connectivity index (χ0n) is 13.1. The van der Waals surface area contributed by atoms with Crippen LogP contribution in [0.25, 0.3) is 22.9 Å². The van der Waals surface area contributed by atoms with Gasteiger partial charge >= 0.3 is 11.2 Å². The van der Waals surface area contributed by atoms with Crippen molar-refractivity contribution in [3.8, 4) is 11.6 Å². The van der Waals surface area contributed by atoms with Crippen LogP contribution in [-0.2, 0) is 0 Å². The van der Waals surface area contributed by atoms with Gasteiger partial charge in [-0.05, 0) is 29.0 Å². The summed E-state index contributed by atoms with van der Waals surface area (Å²) in [5.41, 5.74) is -1.26. The molecule has 1 heterocycles. The average Bonchev–Trinajstić information content (AvgIpc) is 2.58. The zero-order chi connectivity index (χ0) is 18.0. The summed E-state index contributed by atoms with van der Waals surface area (Å²) in [7, 11) is 1.54. The van der Waals surface area contributed by atoms with Crippen LogP contribution < -0.4 is 10.3 Å². The first kappa shape index (κ1) is 16.2. The molecular formula is C17H13N3O5. The fourth-order valence-electron chi connectivity index (χ4n) is 2.50. The van der Waals surface area contributed by atoms with Gasteiger partial charge in [0.2, 0.25) is 0 Å². The van der Waals surface area contributed by atoms with Gasteiger partial charge in [-0.3, -0.25) is 14.9 Å². The average molecular weight is 339 g/mol. The van der Waals surface area contributed by atoms with Gasteiger partial charge in [0.05, 0.1) is 12.0 Å². The van der Waals surface area contributed by atoms with Crippen molar-refractivity contribution < 1.29 is 14.8 Å². The molecule has 0 saturated heterocycles. The highest BCUT2D eigenvalue weighted by Gasteiger charge is 2.21. The highest BCUT2D eigenvalue weighted by molar-refractivity contribution is 5.95. The van der Waals surface area contributed by atoms with Crippen molar-refractivity contribution in [3.63, 3.8) is 0 Å². The molecule has 0 spiro atoms. The number of fused-ring (bicyclic) bond motifs is 1. The Labute approximate surface area is 141 Å². The smallest absolute Gasteiger partial charge is 0.395 e. The molecule has 0 saturated carbocycles. The Morgan fingerprint density at radius 2 is 2.00 bits per heavy atom. The molecule has 25 heavy (non-hydrogen) atoms. The standard InChI is InChI=1S/C17H13N3O5/c1-25-13-8-6-10-4-2-3-5-11(10)12(13)7-9-14-18-16(21)15(20(23)24)17(22)19-14/h2-9H,1H3,(H2,18,19,21,22)/b9-7+. The van der Waals surface area contributed by atoms with Crippen LogP contribution in [-0.4, -0.2) is 27.1 Å². The van der Waals surface area contributed by atoms with Crippen molar-refractivity contribution in [2.75, 3.05) is 7.11 Å². The van der Waals surface area contributed by atoms with Gasteiger partial charge in [0.15, 0.2) is 0 Å². The lowest BCUT2D eigenvalue weighted by molar-refractivity contribution is -0.387. The van der Waals surface area contributed by atoms with E-state index in [0.29, 0.717) is 5.75 Å². The summed E-state index contributed by atoms with van der Waals surface area (Å²) in [5.74, 6) is -0.329. The predicted octanol–water partition coefficient (Wildman–Crippen LogP) is 2.72. The zero-order valence-corrected chi connectivity index (χ0v) is 13.1. The summed E-state index contributed by atoms with van der Waals surface area (Å²) >= 11 is 0. The maximum atomic E-state index is 11.7. The van der Waals surface area contributed by atoms with Gasteiger partial charge in [-0.2, -0.15) is 4.98 Å². The first-order chi connectivity index (χ1) is 12.0. The molecule has 1 aromatic heterocycles. The van der Waals surface area contributed by atoms with Crippen LogP contribution in [0.4, 0.5) is 5.69 Å². The van der Waals surface area contributed by atoms with Crippen LogP contribution in [0, 0.1) is 10.1 Å². The second-order valence-corrected chi connectivity index (χ2v) is 5.12. The lowest BCUT2D eigenvalue weighted by atomic mass is 10.0. The van der Waals surface area contributed by atoms with Crippen LogP contribution in [0.15, 0.2) is 41.2 Å². The minimum Gasteiger partial charge on any atom is -0.496 e. The number of hydrogen-bond donors (Lipinski definition) is 2. The molecule has 0 unspecified atom stereocenters. The third-order valence-electron chi connectivity index (χ3n) is 3.64. The van der Waals surface area contributed by atoms with Crippen molar-refractivity contribution in [1.82, 2.24) is 9.97 Å². The molecule has 3 aromatic rings. The van der Waals surface area contributed by atoms with Crippen molar-refractivity contribution in [2.45, 2.75) is 0 Å². The quantitative estimate of drug-likeness (QED) is 0.557. The number of aromatic hydroxyl groups is 1. The topological polar surface area (TPSA) is 118 Å². The normalized spacial score (nSPS) is 11.1. The van der Waals surface area contributed by atoms with E-state index < -0.39 is 22.0 Å². The van der Waals surface area contributed by atoms with Gasteiger partial charge in [0, 0.05) is 5.56 Å². The molecule has 0 fully saturated rings. The summed E-state index contributed by atoms with van der Waals surface area (Å²) in [6, 6.07) is 11.4. The van der Waals surface area contributed by atoms with E-state index in [0.717, 1.165) is 16.3 Å². The van der Waals surface area contributed by atoms with E-state index in [1.165, 1.54) is 6.08 Å². The highest BCUT2D eigenvalue weighted by atomic mass is 16.6. The molecule has 0 aliphatic carbocycles. The third kappa shape index (κ3) is 3.05. The number of aromatic amines is 1. The number of aromatic nitrogens is 2. The lowest BCUT2D eigenvalue weighted by Crippen LogP contribution is -2.14. The van der Waals surface area contributed by atoms with E-state index >= 15 is 0 Å². The minimum absolute atomic E-state index is 0.0110. The van der Waals surface area contributed by atoms with Gasteiger partial charge in [0.25, 0.3) is 5.88 Å². The van der Waals surface area contributed by atoms with Crippen LogP contribution in [0.5, 0.6) is 11.6 Å². The fourth-order valence-corrected chi connectivity index (χ4v) is 2.50. The second-order valence-electron chi connectivity index (χ2n) is 5.12. The number of methoxy groups -OCH3 is 1. The van der Waals surface area contributed by atoms with Crippen LogP contribution >= 0.6 is 0 Å². The molecule has 0 radical (unpaired) electrons. The van der Waals surface area contributed by atoms with Crippen LogP contribution in [0.1, 0.15) is 11.4 Å². The number of nitro groups is 1. The van der Waals surface area contributed by atoms with Crippen molar-refractivity contribution in [3.05, 3.63) is 68.3 Å². The number of benzene rings is 2. The third-order valence-corrected chi connectivity index (χ3v) is 3.64. The fraction of sp³-hybridized carbons (Fsp3) is 0.0588. The maximum Gasteiger partial charge on any atom is 0.395 e. The molecule has 0 bridgehead atoms. The van der Waals surface area contributed by atoms with Gasteiger partial charge in [-0.15, -0.1) is 0 Å². The molecular weight excluding hydrogens is 326 g/mol. The van der Waals surface area contributed by atoms with Crippen molar-refractivity contribution in [1.29, 1.82) is 0 Å². The Balaban J connectivity index is 2.10. The SMILES string of the molecule is COc1ccc2ccccc2c1/C=C/c1nc(O)c([N+](=O)[O-])c(=O)[nH]1. The summed E-state index contributed by atoms with van der Waals surface area (Å²) in [6.45, 7) is 0. The Bertz CT molecular complexity index is 1060. The summed E-state index contributed by atoms with van der Waals surface area (Å²) < 4.78 is 5.36. The van der Waals surface area contributed by atoms with Gasteiger partial charge in [-0.25, -0.2) is 0 Å². The summed E-state index contributed by atoms with van der Waals surface area (Å²) in [4.78, 5) is 27.3. The molecule has 2 N–H and O–H groups in total. The Morgan fingerprint density at radius 3 is 2.68 bits per heavy atom. The largest absolute Gasteiger partial charge is 0.496 e. The second kappa shape index (κ2) is 6.44. The Hall–Kier alpha value is -3.68. The van der Waals surface area contributed by atoms with E-state index in [-0.39, 0.29) is 5.82 Å². The Morgan fingerprint density at radius 1 is 1.24 bits per heavy atom. The summed E-state index contributed by atoms with van der Waals surface area (Å²) in [6.07, 6.45) is 3.10. The van der Waals surface area contributed by atoms with Crippen molar-refractivity contribution >= 4 is 28.6 Å². The molecule has 8 nitrogen and oxygen atoms in total. The van der Waals surface area contributed by atoms with E-state index in [1.54, 1.807) is 13.2 Å². The molecule has 8 heteroatoms. The molecule has 126 valence electrons. The lowest BCUT2D eigenvalue weighted by Gasteiger charge is -2.08. The highest BCUT2D eigenvalue weighted by Crippen LogP contribution is 2.29. The van der Waals surface area contributed by atoms with E-state index in [2.05, 4.69) is 9.97 Å². The minimum atomic E-state index is -1.03. The number of nitrogens with zero attached hydrogens (tertiary/aromatic N) is 2.